The van der Waals surface area contributed by atoms with E-state index < -0.39 is 24.4 Å². The zero-order valence-electron chi connectivity index (χ0n) is 15.0. The maximum atomic E-state index is 12.1. The Balaban J connectivity index is 1.94. The number of nitrogens with one attached hydrogen (secondary N) is 2. The normalized spacial score (nSPS) is 10.7. The molecule has 0 spiro atoms. The summed E-state index contributed by atoms with van der Waals surface area (Å²) in [6, 6.07) is 5.10. The van der Waals surface area contributed by atoms with Crippen molar-refractivity contribution in [3.8, 4) is 0 Å². The van der Waals surface area contributed by atoms with E-state index in [4.69, 9.17) is 9.57 Å². The number of amides is 2. The van der Waals surface area contributed by atoms with Gasteiger partial charge in [-0.25, -0.2) is 10.3 Å². The van der Waals surface area contributed by atoms with Crippen LogP contribution < -0.4 is 10.8 Å². The molecule has 0 saturated carbocycles. The molecular weight excluding hydrogens is 456 g/mol. The Morgan fingerprint density at radius 1 is 1.22 bits per heavy atom. The summed E-state index contributed by atoms with van der Waals surface area (Å²) in [6.07, 6.45) is 0. The lowest BCUT2D eigenvalue weighted by Crippen LogP contribution is -2.28. The van der Waals surface area contributed by atoms with Crippen LogP contribution in [0, 0.1) is 0 Å². The summed E-state index contributed by atoms with van der Waals surface area (Å²) in [7, 11) is 0. The van der Waals surface area contributed by atoms with Gasteiger partial charge in [-0.05, 0) is 47.0 Å². The van der Waals surface area contributed by atoms with Crippen LogP contribution in [0.5, 0.6) is 0 Å². The van der Waals surface area contributed by atoms with Crippen molar-refractivity contribution in [2.24, 2.45) is 0 Å². The van der Waals surface area contributed by atoms with Crippen molar-refractivity contribution in [1.82, 2.24) is 5.48 Å². The third-order valence-electron chi connectivity index (χ3n) is 3.23. The molecule has 2 rings (SSSR count). The number of ether oxygens (including phenoxy) is 1. The van der Waals surface area contributed by atoms with E-state index in [1.54, 1.807) is 25.1 Å². The number of carbonyl (C=O) groups is 3. The number of carbonyl (C=O) groups excluding carboxylic acids is 3. The number of thiophene rings is 2. The summed E-state index contributed by atoms with van der Waals surface area (Å²) in [5, 5.41) is 3.04. The van der Waals surface area contributed by atoms with Crippen LogP contribution in [0.2, 0.25) is 0 Å². The van der Waals surface area contributed by atoms with Crippen LogP contribution in [0.1, 0.15) is 51.6 Å². The number of esters is 1. The topological polar surface area (TPSA) is 93.7 Å². The highest BCUT2D eigenvalue weighted by Gasteiger charge is 2.20. The van der Waals surface area contributed by atoms with Gasteiger partial charge in [-0.1, -0.05) is 13.8 Å². The Hall–Kier alpha value is -1.75. The minimum absolute atomic E-state index is 0.203. The second-order valence-electron chi connectivity index (χ2n) is 5.64. The van der Waals surface area contributed by atoms with Crippen molar-refractivity contribution in [3.63, 3.8) is 0 Å². The molecule has 0 radical (unpaired) electrons. The van der Waals surface area contributed by atoms with Gasteiger partial charge in [0.25, 0.3) is 11.8 Å². The second-order valence-corrected chi connectivity index (χ2v) is 9.19. The van der Waals surface area contributed by atoms with Crippen LogP contribution in [0.15, 0.2) is 22.0 Å². The summed E-state index contributed by atoms with van der Waals surface area (Å²) in [6.45, 7) is 5.55. The highest BCUT2D eigenvalue weighted by atomic mass is 79.9. The lowest BCUT2D eigenvalue weighted by molar-refractivity contribution is -0.122. The van der Waals surface area contributed by atoms with Crippen molar-refractivity contribution in [1.29, 1.82) is 0 Å². The number of hydrogen-bond acceptors (Lipinski definition) is 7. The van der Waals surface area contributed by atoms with Crippen molar-refractivity contribution >= 4 is 61.4 Å². The minimum atomic E-state index is -0.495. The average Bonchev–Trinajstić information content (AvgIpc) is 3.21. The first kappa shape index (κ1) is 21.5. The summed E-state index contributed by atoms with van der Waals surface area (Å²) < 4.78 is 5.85. The molecule has 0 bridgehead atoms. The van der Waals surface area contributed by atoms with Crippen LogP contribution >= 0.6 is 38.6 Å². The largest absolute Gasteiger partial charge is 0.462 e. The molecule has 7 nitrogen and oxygen atoms in total. The van der Waals surface area contributed by atoms with Crippen molar-refractivity contribution in [2.75, 3.05) is 18.5 Å². The maximum absolute atomic E-state index is 12.1. The van der Waals surface area contributed by atoms with Gasteiger partial charge in [-0.15, -0.1) is 22.7 Å². The summed E-state index contributed by atoms with van der Waals surface area (Å²) >= 11 is 5.82. The fourth-order valence-electron chi connectivity index (χ4n) is 1.96. The average molecular weight is 475 g/mol. The Labute approximate surface area is 173 Å². The Bertz CT molecular complexity index is 831. The van der Waals surface area contributed by atoms with Crippen molar-refractivity contribution in [3.05, 3.63) is 37.3 Å². The van der Waals surface area contributed by atoms with E-state index in [9.17, 15) is 14.4 Å². The van der Waals surface area contributed by atoms with Crippen LogP contribution in [-0.4, -0.2) is 31.0 Å². The van der Waals surface area contributed by atoms with Gasteiger partial charge in [0.1, 0.15) is 5.00 Å². The smallest absolute Gasteiger partial charge is 0.341 e. The van der Waals surface area contributed by atoms with Gasteiger partial charge in [0.05, 0.1) is 20.8 Å². The molecule has 146 valence electrons. The first-order valence-electron chi connectivity index (χ1n) is 8.10. The molecular formula is C17H19BrN2O5S2. The number of hydrogen-bond donors (Lipinski definition) is 2. The fourth-order valence-corrected chi connectivity index (χ4v) is 4.30. The van der Waals surface area contributed by atoms with Gasteiger partial charge in [0.2, 0.25) is 0 Å². The fraction of sp³-hybridized carbons (Fsp3) is 0.353. The zero-order valence-corrected chi connectivity index (χ0v) is 18.2. The van der Waals surface area contributed by atoms with Crippen LogP contribution in [0.4, 0.5) is 5.00 Å². The van der Waals surface area contributed by atoms with Crippen molar-refractivity contribution in [2.45, 2.75) is 26.7 Å². The standard InChI is InChI=1S/C17H19BrN2O5S2/c1-4-24-17(23)10-7-12(9(2)3)27-16(10)19-14(21)8-25-20-15(22)11-5-6-13(18)26-11/h5-7,9H,4,8H2,1-3H3,(H,19,21)(H,20,22). The van der Waals surface area contributed by atoms with Gasteiger partial charge in [0.15, 0.2) is 6.61 Å². The van der Waals surface area contributed by atoms with Gasteiger partial charge in [-0.2, -0.15) is 0 Å². The molecule has 0 aliphatic heterocycles. The van der Waals surface area contributed by atoms with Gasteiger partial charge >= 0.3 is 5.97 Å². The minimum Gasteiger partial charge on any atom is -0.462 e. The lowest BCUT2D eigenvalue weighted by Gasteiger charge is -2.07. The van der Waals surface area contributed by atoms with E-state index in [0.29, 0.717) is 15.4 Å². The third kappa shape index (κ3) is 6.13. The molecule has 0 fully saturated rings. The van der Waals surface area contributed by atoms with E-state index in [1.165, 1.54) is 22.7 Å². The molecule has 0 unspecified atom stereocenters. The van der Waals surface area contributed by atoms with Crippen molar-refractivity contribution < 1.29 is 24.0 Å². The molecule has 0 aromatic carbocycles. The highest BCUT2D eigenvalue weighted by molar-refractivity contribution is 9.11. The number of hydroxylamine groups is 1. The highest BCUT2D eigenvalue weighted by Crippen LogP contribution is 2.33. The Morgan fingerprint density at radius 3 is 2.56 bits per heavy atom. The predicted octanol–water partition coefficient (Wildman–Crippen LogP) is 4.17. The van der Waals surface area contributed by atoms with E-state index in [2.05, 4.69) is 26.7 Å². The molecule has 0 saturated heterocycles. The maximum Gasteiger partial charge on any atom is 0.341 e. The number of anilines is 1. The first-order valence-corrected chi connectivity index (χ1v) is 10.5. The SMILES string of the molecule is CCOC(=O)c1cc(C(C)C)sc1NC(=O)CONC(=O)c1ccc(Br)s1. The molecule has 0 atom stereocenters. The molecule has 2 N–H and O–H groups in total. The van der Waals surface area contributed by atoms with Crippen LogP contribution in [0.25, 0.3) is 0 Å². The monoisotopic (exact) mass is 474 g/mol. The number of halogens is 1. The molecule has 2 amide bonds. The summed E-state index contributed by atoms with van der Waals surface area (Å²) in [4.78, 5) is 42.4. The molecule has 2 heterocycles. The molecule has 0 aliphatic carbocycles. The lowest BCUT2D eigenvalue weighted by atomic mass is 10.1. The van der Waals surface area contributed by atoms with E-state index in [-0.39, 0.29) is 12.5 Å². The predicted molar refractivity (Wildman–Crippen MR) is 108 cm³/mol. The van der Waals surface area contributed by atoms with Gasteiger partial charge < -0.3 is 10.1 Å². The quantitative estimate of drug-likeness (QED) is 0.442. The third-order valence-corrected chi connectivity index (χ3v) is 6.21. The zero-order chi connectivity index (χ0) is 20.0. The van der Waals surface area contributed by atoms with E-state index >= 15 is 0 Å². The Kier molecular flexibility index (Phi) is 7.96. The van der Waals surface area contributed by atoms with Crippen LogP contribution in [-0.2, 0) is 14.4 Å². The van der Waals surface area contributed by atoms with E-state index in [0.717, 1.165) is 8.66 Å². The molecule has 10 heteroatoms. The van der Waals surface area contributed by atoms with Gasteiger partial charge in [0, 0.05) is 4.88 Å². The summed E-state index contributed by atoms with van der Waals surface area (Å²) in [5.74, 6) is -1.22. The first-order chi connectivity index (χ1) is 12.8. The summed E-state index contributed by atoms with van der Waals surface area (Å²) in [5.41, 5.74) is 2.52. The molecule has 2 aromatic heterocycles. The molecule has 27 heavy (non-hydrogen) atoms. The van der Waals surface area contributed by atoms with Gasteiger partial charge in [-0.3, -0.25) is 14.4 Å². The van der Waals surface area contributed by atoms with E-state index in [1.807, 2.05) is 13.8 Å². The Morgan fingerprint density at radius 2 is 1.96 bits per heavy atom. The second kappa shape index (κ2) is 9.98. The van der Waals surface area contributed by atoms with Crippen LogP contribution in [0.3, 0.4) is 0 Å². The number of rotatable bonds is 8. The molecule has 2 aromatic rings. The molecule has 0 aliphatic rings.